The van der Waals surface area contributed by atoms with Gasteiger partial charge in [-0.25, -0.2) is 8.42 Å². The molecule has 128 valence electrons. The molecule has 2 heterocycles. The predicted molar refractivity (Wildman–Crippen MR) is 90.6 cm³/mol. The molecule has 0 amide bonds. The molecular weight excluding hydrogens is 359 g/mol. The van der Waals surface area contributed by atoms with Crippen molar-refractivity contribution in [1.82, 2.24) is 9.21 Å². The molecule has 8 heteroatoms. The fourth-order valence-corrected chi connectivity index (χ4v) is 4.83. The maximum Gasteiger partial charge on any atom is 0.243 e. The van der Waals surface area contributed by atoms with E-state index in [-0.39, 0.29) is 9.92 Å². The zero-order valence-electron chi connectivity index (χ0n) is 12.7. The Bertz CT molecular complexity index is 655. The number of sulfonamides is 1. The van der Waals surface area contributed by atoms with Crippen molar-refractivity contribution in [3.63, 3.8) is 0 Å². The SMILES string of the molecule is O=S(=O)(c1ccc(Cl)c(Cl)c1)N1CCN(CC2CCCO2)CC1. The molecule has 3 rings (SSSR count). The summed E-state index contributed by atoms with van der Waals surface area (Å²) in [5.41, 5.74) is 0. The molecule has 23 heavy (non-hydrogen) atoms. The summed E-state index contributed by atoms with van der Waals surface area (Å²) in [5.74, 6) is 0. The third-order valence-electron chi connectivity index (χ3n) is 4.35. The van der Waals surface area contributed by atoms with Crippen molar-refractivity contribution in [2.24, 2.45) is 0 Å². The van der Waals surface area contributed by atoms with E-state index in [1.807, 2.05) is 0 Å². The molecule has 0 spiro atoms. The van der Waals surface area contributed by atoms with Crippen LogP contribution in [0, 0.1) is 0 Å². The zero-order valence-corrected chi connectivity index (χ0v) is 15.1. The van der Waals surface area contributed by atoms with Crippen LogP contribution in [0.2, 0.25) is 10.0 Å². The van der Waals surface area contributed by atoms with Crippen LogP contribution in [0.25, 0.3) is 0 Å². The Balaban J connectivity index is 1.62. The fourth-order valence-electron chi connectivity index (χ4n) is 3.02. The van der Waals surface area contributed by atoms with Crippen LogP contribution in [0.3, 0.4) is 0 Å². The van der Waals surface area contributed by atoms with E-state index < -0.39 is 10.0 Å². The van der Waals surface area contributed by atoms with Crippen molar-refractivity contribution >= 4 is 33.2 Å². The smallest absolute Gasteiger partial charge is 0.243 e. The summed E-state index contributed by atoms with van der Waals surface area (Å²) in [4.78, 5) is 2.47. The second-order valence-corrected chi connectivity index (χ2v) is 8.67. The summed E-state index contributed by atoms with van der Waals surface area (Å²) in [7, 11) is -3.52. The van der Waals surface area contributed by atoms with Gasteiger partial charge in [0.1, 0.15) is 0 Å². The average Bonchev–Trinajstić information content (AvgIpc) is 3.03. The first-order chi connectivity index (χ1) is 11.0. The first-order valence-electron chi connectivity index (χ1n) is 7.76. The van der Waals surface area contributed by atoms with Gasteiger partial charge in [0.25, 0.3) is 0 Å². The first-order valence-corrected chi connectivity index (χ1v) is 9.95. The highest BCUT2D eigenvalue weighted by Crippen LogP contribution is 2.27. The van der Waals surface area contributed by atoms with Gasteiger partial charge in [-0.1, -0.05) is 23.2 Å². The minimum atomic E-state index is -3.52. The molecule has 5 nitrogen and oxygen atoms in total. The van der Waals surface area contributed by atoms with E-state index in [4.69, 9.17) is 27.9 Å². The van der Waals surface area contributed by atoms with E-state index >= 15 is 0 Å². The second-order valence-electron chi connectivity index (χ2n) is 5.92. The lowest BCUT2D eigenvalue weighted by Crippen LogP contribution is -2.50. The molecule has 2 saturated heterocycles. The van der Waals surface area contributed by atoms with Gasteiger partial charge >= 0.3 is 0 Å². The molecule has 1 unspecified atom stereocenters. The Morgan fingerprint density at radius 2 is 1.87 bits per heavy atom. The number of ether oxygens (including phenoxy) is 1. The Labute approximate surface area is 147 Å². The van der Waals surface area contributed by atoms with Gasteiger partial charge in [-0.3, -0.25) is 4.90 Å². The number of halogens is 2. The van der Waals surface area contributed by atoms with Crippen LogP contribution in [0.1, 0.15) is 12.8 Å². The third kappa shape index (κ3) is 4.00. The normalized spacial score (nSPS) is 24.2. The molecule has 1 atom stereocenters. The van der Waals surface area contributed by atoms with E-state index in [1.54, 1.807) is 0 Å². The minimum Gasteiger partial charge on any atom is -0.377 e. The van der Waals surface area contributed by atoms with Crippen molar-refractivity contribution in [3.8, 4) is 0 Å². The van der Waals surface area contributed by atoms with Crippen LogP contribution in [0.15, 0.2) is 23.1 Å². The van der Waals surface area contributed by atoms with Crippen LogP contribution < -0.4 is 0 Å². The van der Waals surface area contributed by atoms with Crippen molar-refractivity contribution in [2.75, 3.05) is 39.3 Å². The van der Waals surface area contributed by atoms with Crippen molar-refractivity contribution in [1.29, 1.82) is 0 Å². The van der Waals surface area contributed by atoms with Crippen LogP contribution in [0.4, 0.5) is 0 Å². The summed E-state index contributed by atoms with van der Waals surface area (Å²) >= 11 is 11.8. The summed E-state index contributed by atoms with van der Waals surface area (Å²) in [5, 5.41) is 0.608. The first kappa shape index (κ1) is 17.5. The fraction of sp³-hybridized carbons (Fsp3) is 0.600. The molecule has 2 aliphatic heterocycles. The zero-order chi connectivity index (χ0) is 16.4. The molecule has 1 aromatic rings. The molecule has 0 radical (unpaired) electrons. The maximum absolute atomic E-state index is 12.7. The van der Waals surface area contributed by atoms with Crippen molar-refractivity contribution in [3.05, 3.63) is 28.2 Å². The Kier molecular flexibility index (Phi) is 5.50. The molecule has 0 bridgehead atoms. The Morgan fingerprint density at radius 1 is 1.13 bits per heavy atom. The Morgan fingerprint density at radius 3 is 2.48 bits per heavy atom. The number of hydrogen-bond acceptors (Lipinski definition) is 4. The number of benzene rings is 1. The highest BCUT2D eigenvalue weighted by atomic mass is 35.5. The van der Waals surface area contributed by atoms with Gasteiger partial charge in [0, 0.05) is 39.3 Å². The number of piperazine rings is 1. The Hall–Kier alpha value is -0.370. The minimum absolute atomic E-state index is 0.194. The van der Waals surface area contributed by atoms with E-state index in [1.165, 1.54) is 22.5 Å². The summed E-state index contributed by atoms with van der Waals surface area (Å²) in [6.07, 6.45) is 2.52. The van der Waals surface area contributed by atoms with Gasteiger partial charge in [0.2, 0.25) is 10.0 Å². The average molecular weight is 379 g/mol. The largest absolute Gasteiger partial charge is 0.377 e. The van der Waals surface area contributed by atoms with Crippen LogP contribution in [0.5, 0.6) is 0 Å². The molecule has 2 aliphatic rings. The summed E-state index contributed by atoms with van der Waals surface area (Å²) in [6, 6.07) is 4.44. The highest BCUT2D eigenvalue weighted by molar-refractivity contribution is 7.89. The molecule has 0 aromatic heterocycles. The third-order valence-corrected chi connectivity index (χ3v) is 6.98. The maximum atomic E-state index is 12.7. The van der Waals surface area contributed by atoms with E-state index in [0.717, 1.165) is 39.1 Å². The van der Waals surface area contributed by atoms with Gasteiger partial charge < -0.3 is 4.74 Å². The topological polar surface area (TPSA) is 49.9 Å². The molecule has 0 aliphatic carbocycles. The van der Waals surface area contributed by atoms with Crippen molar-refractivity contribution in [2.45, 2.75) is 23.8 Å². The van der Waals surface area contributed by atoms with Crippen LogP contribution in [-0.2, 0) is 14.8 Å². The number of nitrogens with zero attached hydrogens (tertiary/aromatic N) is 2. The lowest BCUT2D eigenvalue weighted by atomic mass is 10.2. The lowest BCUT2D eigenvalue weighted by molar-refractivity contribution is 0.0617. The predicted octanol–water partition coefficient (Wildman–Crippen LogP) is 2.48. The second kappa shape index (κ2) is 7.25. The molecular formula is C15H20Cl2N2O3S. The standard InChI is InChI=1S/C15H20Cl2N2O3S/c16-14-4-3-13(10-15(14)17)23(20,21)19-7-5-18(6-8-19)11-12-2-1-9-22-12/h3-4,10,12H,1-2,5-9,11H2. The van der Waals surface area contributed by atoms with Crippen molar-refractivity contribution < 1.29 is 13.2 Å². The van der Waals surface area contributed by atoms with E-state index in [2.05, 4.69) is 4.90 Å². The van der Waals surface area contributed by atoms with E-state index in [0.29, 0.717) is 24.2 Å². The molecule has 0 N–H and O–H groups in total. The van der Waals surface area contributed by atoms with Crippen LogP contribution in [-0.4, -0.2) is 63.1 Å². The monoisotopic (exact) mass is 378 g/mol. The molecule has 0 saturated carbocycles. The highest BCUT2D eigenvalue weighted by Gasteiger charge is 2.30. The lowest BCUT2D eigenvalue weighted by Gasteiger charge is -2.35. The van der Waals surface area contributed by atoms with Gasteiger partial charge in [-0.15, -0.1) is 0 Å². The molecule has 2 fully saturated rings. The molecule has 1 aromatic carbocycles. The number of rotatable bonds is 4. The summed E-state index contributed by atoms with van der Waals surface area (Å²) in [6.45, 7) is 4.14. The quantitative estimate of drug-likeness (QED) is 0.807. The van der Waals surface area contributed by atoms with Gasteiger partial charge in [-0.05, 0) is 31.0 Å². The van der Waals surface area contributed by atoms with Gasteiger partial charge in [0.15, 0.2) is 0 Å². The summed E-state index contributed by atoms with van der Waals surface area (Å²) < 4.78 is 32.5. The van der Waals surface area contributed by atoms with Crippen LogP contribution >= 0.6 is 23.2 Å². The van der Waals surface area contributed by atoms with E-state index in [9.17, 15) is 8.42 Å². The number of hydrogen-bond donors (Lipinski definition) is 0. The van der Waals surface area contributed by atoms with Gasteiger partial charge in [0.05, 0.1) is 21.0 Å². The van der Waals surface area contributed by atoms with Gasteiger partial charge in [-0.2, -0.15) is 4.31 Å².